The molecule has 1 N–H and O–H groups in total. The van der Waals surface area contributed by atoms with Crippen LogP contribution in [0, 0.1) is 0 Å². The van der Waals surface area contributed by atoms with E-state index in [1.165, 1.54) is 22.4 Å². The summed E-state index contributed by atoms with van der Waals surface area (Å²) in [4.78, 5) is 5.38. The molecule has 3 heteroatoms. The average Bonchev–Trinajstić information content (AvgIpc) is 2.80. The Hall–Kier alpha value is -1.41. The van der Waals surface area contributed by atoms with Gasteiger partial charge in [-0.25, -0.2) is 0 Å². The van der Waals surface area contributed by atoms with Crippen LogP contribution in [-0.4, -0.2) is 23.5 Å². The van der Waals surface area contributed by atoms with E-state index < -0.39 is 0 Å². The van der Waals surface area contributed by atoms with Crippen molar-refractivity contribution in [3.05, 3.63) is 52.0 Å². The van der Waals surface area contributed by atoms with Crippen LogP contribution in [0.15, 0.2) is 41.3 Å². The fraction of sp³-hybridized carbons (Fsp3) is 0.333. The molecule has 1 aromatic rings. The lowest BCUT2D eigenvalue weighted by atomic mass is 9.87. The first kappa shape index (κ1) is 11.7. The van der Waals surface area contributed by atoms with Crippen LogP contribution in [0.4, 0.5) is 0 Å². The maximum atomic E-state index is 6.18. The van der Waals surface area contributed by atoms with Gasteiger partial charge in [0.15, 0.2) is 0 Å². The number of hydrogen-bond acceptors (Lipinski definition) is 1. The van der Waals surface area contributed by atoms with E-state index in [1.807, 2.05) is 6.20 Å². The van der Waals surface area contributed by atoms with E-state index in [1.54, 1.807) is 0 Å². The smallest absolute Gasteiger partial charge is 0.113 e. The Morgan fingerprint density at radius 1 is 1.33 bits per heavy atom. The van der Waals surface area contributed by atoms with Gasteiger partial charge < -0.3 is 9.88 Å². The van der Waals surface area contributed by atoms with Crippen molar-refractivity contribution in [3.63, 3.8) is 0 Å². The molecule has 1 aliphatic heterocycles. The molecule has 2 heterocycles. The molecule has 0 atom stereocenters. The van der Waals surface area contributed by atoms with Gasteiger partial charge in [0.25, 0.3) is 0 Å². The lowest BCUT2D eigenvalue weighted by Gasteiger charge is -2.32. The van der Waals surface area contributed by atoms with Gasteiger partial charge in [0.2, 0.25) is 0 Å². The second-order valence-corrected chi connectivity index (χ2v) is 5.38. The Kier molecular flexibility index (Phi) is 2.83. The molecule has 0 saturated carbocycles. The standard InChI is InChI=1S/C15H17ClN2/c1-10-6-8-18(2)14-4-3-11(9-13(10)14)12-5-7-17-15(12)16/h5-7,9,17H,3-4,8H2,1-2H3. The van der Waals surface area contributed by atoms with E-state index in [9.17, 15) is 0 Å². The fourth-order valence-corrected chi connectivity index (χ4v) is 3.01. The molecule has 0 unspecified atom stereocenters. The molecule has 0 aromatic carbocycles. The first-order valence-corrected chi connectivity index (χ1v) is 6.70. The Morgan fingerprint density at radius 2 is 2.17 bits per heavy atom. The van der Waals surface area contributed by atoms with Crippen molar-refractivity contribution in [2.75, 3.05) is 13.6 Å². The van der Waals surface area contributed by atoms with E-state index in [0.717, 1.165) is 30.1 Å². The topological polar surface area (TPSA) is 19.0 Å². The maximum absolute atomic E-state index is 6.18. The first-order valence-electron chi connectivity index (χ1n) is 6.32. The number of likely N-dealkylation sites (N-methyl/N-ethyl adjacent to an activating group) is 1. The quantitative estimate of drug-likeness (QED) is 0.809. The largest absolute Gasteiger partial charge is 0.374 e. The van der Waals surface area contributed by atoms with Gasteiger partial charge in [-0.3, -0.25) is 0 Å². The molecule has 2 nitrogen and oxygen atoms in total. The molecular weight excluding hydrogens is 244 g/mol. The van der Waals surface area contributed by atoms with Gasteiger partial charge in [-0.05, 0) is 48.6 Å². The van der Waals surface area contributed by atoms with Gasteiger partial charge in [0, 0.05) is 31.0 Å². The number of aromatic nitrogens is 1. The van der Waals surface area contributed by atoms with Crippen LogP contribution in [-0.2, 0) is 0 Å². The monoisotopic (exact) mass is 260 g/mol. The summed E-state index contributed by atoms with van der Waals surface area (Å²) in [5.41, 5.74) is 6.70. The molecule has 0 spiro atoms. The fourth-order valence-electron chi connectivity index (χ4n) is 2.76. The summed E-state index contributed by atoms with van der Waals surface area (Å²) in [5.74, 6) is 0. The highest BCUT2D eigenvalue weighted by atomic mass is 35.5. The molecule has 0 radical (unpaired) electrons. The van der Waals surface area contributed by atoms with Crippen LogP contribution in [0.25, 0.3) is 5.57 Å². The zero-order chi connectivity index (χ0) is 12.7. The summed E-state index contributed by atoms with van der Waals surface area (Å²) < 4.78 is 0. The third-order valence-electron chi connectivity index (χ3n) is 3.86. The second kappa shape index (κ2) is 4.36. The predicted molar refractivity (Wildman–Crippen MR) is 76.4 cm³/mol. The summed E-state index contributed by atoms with van der Waals surface area (Å²) in [6.07, 6.45) is 8.66. The van der Waals surface area contributed by atoms with Gasteiger partial charge >= 0.3 is 0 Å². The molecule has 0 bridgehead atoms. The normalized spacial score (nSPS) is 19.6. The summed E-state index contributed by atoms with van der Waals surface area (Å²) >= 11 is 6.18. The molecule has 1 aromatic heterocycles. The number of H-pyrrole nitrogens is 1. The molecule has 1 aliphatic carbocycles. The number of nitrogens with one attached hydrogen (secondary N) is 1. The Morgan fingerprint density at radius 3 is 2.89 bits per heavy atom. The number of nitrogens with zero attached hydrogens (tertiary/aromatic N) is 1. The van der Waals surface area contributed by atoms with Crippen molar-refractivity contribution in [3.8, 4) is 0 Å². The molecule has 0 amide bonds. The minimum Gasteiger partial charge on any atom is -0.374 e. The number of hydrogen-bond donors (Lipinski definition) is 1. The molecule has 3 rings (SSSR count). The number of halogens is 1. The molecule has 94 valence electrons. The van der Waals surface area contributed by atoms with Gasteiger partial charge in [0.05, 0.1) is 0 Å². The number of aromatic amines is 1. The summed E-state index contributed by atoms with van der Waals surface area (Å²) in [6, 6.07) is 2.06. The van der Waals surface area contributed by atoms with Gasteiger partial charge in [-0.15, -0.1) is 0 Å². The lowest BCUT2D eigenvalue weighted by molar-refractivity contribution is 0.432. The van der Waals surface area contributed by atoms with Crippen LogP contribution in [0.1, 0.15) is 25.3 Å². The molecule has 0 fully saturated rings. The summed E-state index contributed by atoms with van der Waals surface area (Å²) in [5, 5.41) is 0.746. The van der Waals surface area contributed by atoms with Crippen LogP contribution in [0.3, 0.4) is 0 Å². The summed E-state index contributed by atoms with van der Waals surface area (Å²) in [6.45, 7) is 3.22. The Bertz CT molecular complexity index is 575. The Labute approximate surface area is 113 Å². The van der Waals surface area contributed by atoms with Crippen molar-refractivity contribution in [1.29, 1.82) is 0 Å². The van der Waals surface area contributed by atoms with Crippen LogP contribution >= 0.6 is 11.6 Å². The van der Waals surface area contributed by atoms with Crippen LogP contribution in [0.2, 0.25) is 5.15 Å². The molecule has 18 heavy (non-hydrogen) atoms. The van der Waals surface area contributed by atoms with Crippen molar-refractivity contribution in [2.45, 2.75) is 19.8 Å². The van der Waals surface area contributed by atoms with Crippen molar-refractivity contribution in [1.82, 2.24) is 9.88 Å². The minimum atomic E-state index is 0.746. The van der Waals surface area contributed by atoms with E-state index in [4.69, 9.17) is 11.6 Å². The van der Waals surface area contributed by atoms with E-state index in [-0.39, 0.29) is 0 Å². The highest BCUT2D eigenvalue weighted by molar-refractivity contribution is 6.31. The highest BCUT2D eigenvalue weighted by Crippen LogP contribution is 2.38. The predicted octanol–water partition coefficient (Wildman–Crippen LogP) is 3.99. The van der Waals surface area contributed by atoms with Gasteiger partial charge in [0.1, 0.15) is 5.15 Å². The highest BCUT2D eigenvalue weighted by Gasteiger charge is 2.21. The van der Waals surface area contributed by atoms with Crippen LogP contribution in [0.5, 0.6) is 0 Å². The third-order valence-corrected chi connectivity index (χ3v) is 4.17. The van der Waals surface area contributed by atoms with Gasteiger partial charge in [-0.1, -0.05) is 17.7 Å². The minimum absolute atomic E-state index is 0.746. The first-order chi connectivity index (χ1) is 8.66. The van der Waals surface area contributed by atoms with E-state index in [0.29, 0.717) is 0 Å². The average molecular weight is 261 g/mol. The zero-order valence-corrected chi connectivity index (χ0v) is 11.5. The van der Waals surface area contributed by atoms with E-state index in [2.05, 4.69) is 42.1 Å². The SMILES string of the molecule is CC1=CCN(C)C2=C1C=C(c1cc[nH]c1Cl)CC2. The van der Waals surface area contributed by atoms with Crippen LogP contribution < -0.4 is 0 Å². The van der Waals surface area contributed by atoms with Crippen molar-refractivity contribution in [2.24, 2.45) is 0 Å². The zero-order valence-electron chi connectivity index (χ0n) is 10.8. The van der Waals surface area contributed by atoms with Crippen molar-refractivity contribution >= 4 is 17.2 Å². The molecular formula is C15H17ClN2. The number of rotatable bonds is 1. The van der Waals surface area contributed by atoms with Crippen molar-refractivity contribution < 1.29 is 0 Å². The van der Waals surface area contributed by atoms with Gasteiger partial charge in [-0.2, -0.15) is 0 Å². The third kappa shape index (κ3) is 1.81. The lowest BCUT2D eigenvalue weighted by Crippen LogP contribution is -2.24. The molecule has 0 saturated heterocycles. The van der Waals surface area contributed by atoms with E-state index >= 15 is 0 Å². The second-order valence-electron chi connectivity index (χ2n) is 5.00. The Balaban J connectivity index is 2.05. The number of allylic oxidation sites excluding steroid dienone is 5. The maximum Gasteiger partial charge on any atom is 0.113 e. The summed E-state index contributed by atoms with van der Waals surface area (Å²) in [7, 11) is 2.17. The molecule has 2 aliphatic rings.